The van der Waals surface area contributed by atoms with Gasteiger partial charge in [0.2, 0.25) is 0 Å². The number of hydrogen-bond acceptors (Lipinski definition) is 2. The molecule has 1 aromatic carbocycles. The van der Waals surface area contributed by atoms with Gasteiger partial charge in [0, 0.05) is 23.2 Å². The SMILES string of the molecule is CCC(C)N(C)c1cc(Br)cc(C(=O)O)c1. The third kappa shape index (κ3) is 2.98. The fraction of sp³-hybridized carbons (Fsp3) is 0.417. The zero-order valence-corrected chi connectivity index (χ0v) is 11.3. The number of halogens is 1. The van der Waals surface area contributed by atoms with Gasteiger partial charge in [-0.05, 0) is 31.5 Å². The summed E-state index contributed by atoms with van der Waals surface area (Å²) in [6.45, 7) is 4.22. The van der Waals surface area contributed by atoms with Crippen molar-refractivity contribution >= 4 is 27.6 Å². The highest BCUT2D eigenvalue weighted by atomic mass is 79.9. The summed E-state index contributed by atoms with van der Waals surface area (Å²) in [5.41, 5.74) is 1.22. The quantitative estimate of drug-likeness (QED) is 0.922. The van der Waals surface area contributed by atoms with Crippen LogP contribution in [0.25, 0.3) is 0 Å². The molecule has 1 unspecified atom stereocenters. The lowest BCUT2D eigenvalue weighted by atomic mass is 10.1. The van der Waals surface area contributed by atoms with Crippen LogP contribution < -0.4 is 4.90 Å². The van der Waals surface area contributed by atoms with Gasteiger partial charge in [0.25, 0.3) is 0 Å². The van der Waals surface area contributed by atoms with Crippen molar-refractivity contribution in [2.24, 2.45) is 0 Å². The van der Waals surface area contributed by atoms with Crippen LogP contribution in [0, 0.1) is 0 Å². The first-order valence-corrected chi connectivity index (χ1v) is 6.01. The molecular weight excluding hydrogens is 270 g/mol. The topological polar surface area (TPSA) is 40.5 Å². The molecule has 0 aliphatic rings. The first-order chi connectivity index (χ1) is 7.45. The van der Waals surface area contributed by atoms with Crippen molar-refractivity contribution in [3.8, 4) is 0 Å². The van der Waals surface area contributed by atoms with E-state index in [0.717, 1.165) is 16.6 Å². The van der Waals surface area contributed by atoms with Gasteiger partial charge in [0.15, 0.2) is 0 Å². The molecule has 3 nitrogen and oxygen atoms in total. The van der Waals surface area contributed by atoms with Gasteiger partial charge < -0.3 is 10.0 Å². The molecule has 0 amide bonds. The number of anilines is 1. The minimum atomic E-state index is -0.903. The third-order valence-electron chi connectivity index (χ3n) is 2.79. The summed E-state index contributed by atoms with van der Waals surface area (Å²) < 4.78 is 0.789. The van der Waals surface area contributed by atoms with Crippen LogP contribution in [0.15, 0.2) is 22.7 Å². The molecule has 0 aliphatic heterocycles. The standard InChI is InChI=1S/C12H16BrNO2/c1-4-8(2)14(3)11-6-9(12(15)16)5-10(13)7-11/h5-8H,4H2,1-3H3,(H,15,16). The van der Waals surface area contributed by atoms with Crippen molar-refractivity contribution in [2.75, 3.05) is 11.9 Å². The van der Waals surface area contributed by atoms with E-state index in [-0.39, 0.29) is 0 Å². The van der Waals surface area contributed by atoms with E-state index in [0.29, 0.717) is 11.6 Å². The van der Waals surface area contributed by atoms with Gasteiger partial charge in [-0.2, -0.15) is 0 Å². The second-order valence-electron chi connectivity index (χ2n) is 3.87. The average Bonchev–Trinajstić information content (AvgIpc) is 2.26. The van der Waals surface area contributed by atoms with Gasteiger partial charge in [-0.3, -0.25) is 0 Å². The zero-order chi connectivity index (χ0) is 12.3. The van der Waals surface area contributed by atoms with Crippen LogP contribution in [0.1, 0.15) is 30.6 Å². The number of hydrogen-bond donors (Lipinski definition) is 1. The molecule has 16 heavy (non-hydrogen) atoms. The van der Waals surface area contributed by atoms with Crippen LogP contribution in [0.2, 0.25) is 0 Å². The number of aromatic carboxylic acids is 1. The summed E-state index contributed by atoms with van der Waals surface area (Å²) in [4.78, 5) is 13.0. The van der Waals surface area contributed by atoms with Crippen molar-refractivity contribution < 1.29 is 9.90 Å². The molecule has 1 atom stereocenters. The van der Waals surface area contributed by atoms with Crippen LogP contribution in [0.4, 0.5) is 5.69 Å². The van der Waals surface area contributed by atoms with Crippen molar-refractivity contribution in [1.82, 2.24) is 0 Å². The highest BCUT2D eigenvalue weighted by molar-refractivity contribution is 9.10. The minimum absolute atomic E-state index is 0.305. The summed E-state index contributed by atoms with van der Waals surface area (Å²) >= 11 is 3.33. The van der Waals surface area contributed by atoms with Crippen LogP contribution >= 0.6 is 15.9 Å². The molecule has 1 rings (SSSR count). The number of rotatable bonds is 4. The number of nitrogens with zero attached hydrogens (tertiary/aromatic N) is 1. The summed E-state index contributed by atoms with van der Waals surface area (Å²) in [6.07, 6.45) is 1.02. The second-order valence-corrected chi connectivity index (χ2v) is 4.79. The largest absolute Gasteiger partial charge is 0.478 e. The van der Waals surface area contributed by atoms with E-state index < -0.39 is 5.97 Å². The van der Waals surface area contributed by atoms with E-state index in [4.69, 9.17) is 5.11 Å². The average molecular weight is 286 g/mol. The molecule has 1 N–H and O–H groups in total. The summed E-state index contributed by atoms with van der Waals surface area (Å²) in [5, 5.41) is 8.97. The van der Waals surface area contributed by atoms with Crippen LogP contribution in [0.3, 0.4) is 0 Å². The van der Waals surface area contributed by atoms with Gasteiger partial charge in [0.05, 0.1) is 5.56 Å². The summed E-state index contributed by atoms with van der Waals surface area (Å²) in [5.74, 6) is -0.903. The first-order valence-electron chi connectivity index (χ1n) is 5.22. The van der Waals surface area contributed by atoms with Crippen molar-refractivity contribution in [3.63, 3.8) is 0 Å². The van der Waals surface area contributed by atoms with Crippen LogP contribution in [0.5, 0.6) is 0 Å². The molecule has 1 aromatic rings. The second kappa shape index (κ2) is 5.34. The van der Waals surface area contributed by atoms with E-state index >= 15 is 0 Å². The number of carboxylic acid groups (broad SMARTS) is 1. The van der Waals surface area contributed by atoms with Crippen molar-refractivity contribution in [2.45, 2.75) is 26.3 Å². The third-order valence-corrected chi connectivity index (χ3v) is 3.25. The van der Waals surface area contributed by atoms with Crippen LogP contribution in [-0.2, 0) is 0 Å². The summed E-state index contributed by atoms with van der Waals surface area (Å²) in [7, 11) is 1.97. The maximum atomic E-state index is 10.9. The summed E-state index contributed by atoms with van der Waals surface area (Å²) in [6, 6.07) is 5.62. The Morgan fingerprint density at radius 3 is 2.62 bits per heavy atom. The molecular formula is C12H16BrNO2. The van der Waals surface area contributed by atoms with Gasteiger partial charge in [-0.15, -0.1) is 0 Å². The number of benzene rings is 1. The van der Waals surface area contributed by atoms with Gasteiger partial charge in [-0.25, -0.2) is 4.79 Å². The smallest absolute Gasteiger partial charge is 0.335 e. The maximum Gasteiger partial charge on any atom is 0.335 e. The van der Waals surface area contributed by atoms with Crippen molar-refractivity contribution in [3.05, 3.63) is 28.2 Å². The zero-order valence-electron chi connectivity index (χ0n) is 9.70. The molecule has 4 heteroatoms. The molecule has 0 spiro atoms. The van der Waals surface area contributed by atoms with Gasteiger partial charge in [-0.1, -0.05) is 22.9 Å². The molecule has 0 saturated carbocycles. The predicted octanol–water partition coefficient (Wildman–Crippen LogP) is 3.38. The Kier molecular flexibility index (Phi) is 4.35. The number of carbonyl (C=O) groups is 1. The van der Waals surface area contributed by atoms with Gasteiger partial charge >= 0.3 is 5.97 Å². The lowest BCUT2D eigenvalue weighted by molar-refractivity contribution is 0.0697. The Bertz CT molecular complexity index is 393. The monoisotopic (exact) mass is 285 g/mol. The molecule has 0 aliphatic carbocycles. The highest BCUT2D eigenvalue weighted by Gasteiger charge is 2.12. The van der Waals surface area contributed by atoms with Crippen molar-refractivity contribution in [1.29, 1.82) is 0 Å². The molecule has 0 radical (unpaired) electrons. The van der Waals surface area contributed by atoms with E-state index in [9.17, 15) is 4.79 Å². The fourth-order valence-electron chi connectivity index (χ4n) is 1.43. The Hall–Kier alpha value is -1.03. The molecule has 0 aromatic heterocycles. The van der Waals surface area contributed by atoms with Gasteiger partial charge in [0.1, 0.15) is 0 Å². The molecule has 0 saturated heterocycles. The minimum Gasteiger partial charge on any atom is -0.478 e. The van der Waals surface area contributed by atoms with E-state index in [2.05, 4.69) is 34.7 Å². The van der Waals surface area contributed by atoms with E-state index in [1.807, 2.05) is 13.1 Å². The maximum absolute atomic E-state index is 10.9. The normalized spacial score (nSPS) is 12.2. The van der Waals surface area contributed by atoms with E-state index in [1.165, 1.54) is 0 Å². The molecule has 0 fully saturated rings. The number of carboxylic acids is 1. The lowest BCUT2D eigenvalue weighted by Crippen LogP contribution is -2.28. The predicted molar refractivity (Wildman–Crippen MR) is 69.3 cm³/mol. The Balaban J connectivity index is 3.09. The fourth-order valence-corrected chi connectivity index (χ4v) is 1.91. The molecule has 0 heterocycles. The van der Waals surface area contributed by atoms with Crippen LogP contribution in [-0.4, -0.2) is 24.2 Å². The lowest BCUT2D eigenvalue weighted by Gasteiger charge is -2.26. The van der Waals surface area contributed by atoms with E-state index in [1.54, 1.807) is 12.1 Å². The Labute approximate surface area is 104 Å². The molecule has 88 valence electrons. The Morgan fingerprint density at radius 1 is 1.50 bits per heavy atom. The first kappa shape index (κ1) is 13.0. The molecule has 0 bridgehead atoms. The highest BCUT2D eigenvalue weighted by Crippen LogP contribution is 2.24. The Morgan fingerprint density at radius 2 is 2.12 bits per heavy atom.